The van der Waals surface area contributed by atoms with Crippen LogP contribution in [0.4, 0.5) is 4.39 Å². The zero-order valence-corrected chi connectivity index (χ0v) is 18.2. The Kier molecular flexibility index (Phi) is 6.94. The molecule has 0 heterocycles. The zero-order valence-electron chi connectivity index (χ0n) is 18.2. The minimum absolute atomic E-state index is 0.175. The van der Waals surface area contributed by atoms with Crippen LogP contribution < -0.4 is 0 Å². The quantitative estimate of drug-likeness (QED) is 0.448. The first-order valence-electron chi connectivity index (χ1n) is 12.4. The minimum atomic E-state index is -0.340. The van der Waals surface area contributed by atoms with Crippen LogP contribution in [0, 0.1) is 46.7 Å². The Morgan fingerprint density at radius 3 is 2.41 bits per heavy atom. The van der Waals surface area contributed by atoms with Crippen molar-refractivity contribution in [2.75, 3.05) is 0 Å². The van der Waals surface area contributed by atoms with Gasteiger partial charge in [-0.2, -0.15) is 5.26 Å². The SMILES string of the molecule is CCCCCC[C@@H]1CC[C@H]2[C@@H](CC[C@@H]3CC(c4ccc(C#N)c(F)c4)CC[C@H]32)C1. The fourth-order valence-corrected chi connectivity index (χ4v) is 7.19. The summed E-state index contributed by atoms with van der Waals surface area (Å²) in [5.74, 6) is 4.88. The topological polar surface area (TPSA) is 23.8 Å². The van der Waals surface area contributed by atoms with E-state index in [1.54, 1.807) is 12.1 Å². The molecule has 1 aromatic carbocycles. The van der Waals surface area contributed by atoms with E-state index in [0.29, 0.717) is 5.92 Å². The van der Waals surface area contributed by atoms with Gasteiger partial charge in [-0.1, -0.05) is 51.5 Å². The van der Waals surface area contributed by atoms with Crippen LogP contribution in [0.2, 0.25) is 0 Å². The summed E-state index contributed by atoms with van der Waals surface area (Å²) < 4.78 is 14.1. The van der Waals surface area contributed by atoms with E-state index in [9.17, 15) is 4.39 Å². The second kappa shape index (κ2) is 9.63. The van der Waals surface area contributed by atoms with E-state index < -0.39 is 0 Å². The predicted molar refractivity (Wildman–Crippen MR) is 117 cm³/mol. The van der Waals surface area contributed by atoms with Crippen molar-refractivity contribution in [2.45, 2.75) is 96.3 Å². The van der Waals surface area contributed by atoms with Crippen LogP contribution in [0.15, 0.2) is 18.2 Å². The van der Waals surface area contributed by atoms with Crippen LogP contribution in [0.3, 0.4) is 0 Å². The monoisotopic (exact) mass is 395 g/mol. The molecule has 0 aromatic heterocycles. The highest BCUT2D eigenvalue weighted by Crippen LogP contribution is 2.55. The third kappa shape index (κ3) is 4.70. The Morgan fingerprint density at radius 1 is 0.931 bits per heavy atom. The van der Waals surface area contributed by atoms with Crippen LogP contribution in [0.5, 0.6) is 0 Å². The maximum Gasteiger partial charge on any atom is 0.141 e. The highest BCUT2D eigenvalue weighted by atomic mass is 19.1. The van der Waals surface area contributed by atoms with E-state index in [1.165, 1.54) is 83.5 Å². The van der Waals surface area contributed by atoms with Crippen molar-refractivity contribution in [3.63, 3.8) is 0 Å². The van der Waals surface area contributed by atoms with E-state index in [4.69, 9.17) is 5.26 Å². The molecule has 1 unspecified atom stereocenters. The van der Waals surface area contributed by atoms with Crippen molar-refractivity contribution in [3.05, 3.63) is 35.1 Å². The van der Waals surface area contributed by atoms with Crippen molar-refractivity contribution >= 4 is 0 Å². The maximum atomic E-state index is 14.1. The number of hydrogen-bond acceptors (Lipinski definition) is 1. The summed E-state index contributed by atoms with van der Waals surface area (Å²) in [5, 5.41) is 8.98. The average Bonchev–Trinajstić information content (AvgIpc) is 2.76. The second-order valence-electron chi connectivity index (χ2n) is 10.3. The van der Waals surface area contributed by atoms with Gasteiger partial charge in [-0.25, -0.2) is 4.39 Å². The van der Waals surface area contributed by atoms with Crippen molar-refractivity contribution in [1.29, 1.82) is 5.26 Å². The van der Waals surface area contributed by atoms with Gasteiger partial charge in [0.25, 0.3) is 0 Å². The fourth-order valence-electron chi connectivity index (χ4n) is 7.19. The lowest BCUT2D eigenvalue weighted by Gasteiger charge is -2.51. The Morgan fingerprint density at radius 2 is 1.69 bits per heavy atom. The fraction of sp³-hybridized carbons (Fsp3) is 0.741. The number of unbranched alkanes of at least 4 members (excludes halogenated alkanes) is 3. The van der Waals surface area contributed by atoms with Gasteiger partial charge in [-0.15, -0.1) is 0 Å². The molecule has 0 N–H and O–H groups in total. The van der Waals surface area contributed by atoms with E-state index in [1.807, 2.05) is 12.1 Å². The summed E-state index contributed by atoms with van der Waals surface area (Å²) in [6.45, 7) is 2.30. The molecular formula is C27H38FN. The summed E-state index contributed by atoms with van der Waals surface area (Å²) in [5.41, 5.74) is 1.30. The van der Waals surface area contributed by atoms with Crippen LogP contribution in [-0.4, -0.2) is 0 Å². The molecule has 0 bridgehead atoms. The highest BCUT2D eigenvalue weighted by Gasteiger charge is 2.44. The number of nitrogens with zero attached hydrogens (tertiary/aromatic N) is 1. The molecule has 3 aliphatic carbocycles. The minimum Gasteiger partial charge on any atom is -0.206 e. The van der Waals surface area contributed by atoms with Crippen molar-refractivity contribution in [2.24, 2.45) is 29.6 Å². The number of rotatable bonds is 6. The molecular weight excluding hydrogens is 357 g/mol. The normalized spacial score (nSPS) is 34.1. The van der Waals surface area contributed by atoms with Crippen molar-refractivity contribution < 1.29 is 4.39 Å². The molecule has 1 aromatic rings. The molecule has 0 spiro atoms. The molecule has 3 aliphatic rings. The van der Waals surface area contributed by atoms with Crippen molar-refractivity contribution in [3.8, 4) is 6.07 Å². The van der Waals surface area contributed by atoms with Gasteiger partial charge in [0.1, 0.15) is 11.9 Å². The van der Waals surface area contributed by atoms with E-state index in [-0.39, 0.29) is 11.4 Å². The Balaban J connectivity index is 1.32. The van der Waals surface area contributed by atoms with Gasteiger partial charge < -0.3 is 0 Å². The molecule has 2 heteroatoms. The zero-order chi connectivity index (χ0) is 20.2. The molecule has 4 rings (SSSR count). The number of benzene rings is 1. The Hall–Kier alpha value is -1.36. The molecule has 0 radical (unpaired) electrons. The van der Waals surface area contributed by atoms with Gasteiger partial charge in [0.15, 0.2) is 0 Å². The lowest BCUT2D eigenvalue weighted by atomic mass is 9.54. The molecule has 0 aliphatic heterocycles. The number of halogens is 1. The first-order chi connectivity index (χ1) is 14.2. The molecule has 0 saturated heterocycles. The number of hydrogen-bond donors (Lipinski definition) is 0. The van der Waals surface area contributed by atoms with Crippen LogP contribution in [0.1, 0.15) is 107 Å². The van der Waals surface area contributed by atoms with E-state index in [0.717, 1.165) is 35.2 Å². The summed E-state index contributed by atoms with van der Waals surface area (Å²) in [4.78, 5) is 0. The summed E-state index contributed by atoms with van der Waals surface area (Å²) >= 11 is 0. The van der Waals surface area contributed by atoms with Crippen LogP contribution in [0.25, 0.3) is 0 Å². The van der Waals surface area contributed by atoms with Gasteiger partial charge in [0.05, 0.1) is 5.56 Å². The smallest absolute Gasteiger partial charge is 0.141 e. The third-order valence-corrected chi connectivity index (χ3v) is 8.70. The first kappa shape index (κ1) is 20.9. The molecule has 29 heavy (non-hydrogen) atoms. The number of nitriles is 1. The lowest BCUT2D eigenvalue weighted by Crippen LogP contribution is -2.41. The van der Waals surface area contributed by atoms with Gasteiger partial charge >= 0.3 is 0 Å². The Bertz CT molecular complexity index is 720. The highest BCUT2D eigenvalue weighted by molar-refractivity contribution is 5.35. The van der Waals surface area contributed by atoms with Gasteiger partial charge in [-0.3, -0.25) is 0 Å². The van der Waals surface area contributed by atoms with Crippen LogP contribution in [-0.2, 0) is 0 Å². The van der Waals surface area contributed by atoms with Crippen LogP contribution >= 0.6 is 0 Å². The maximum absolute atomic E-state index is 14.1. The van der Waals surface area contributed by atoms with Gasteiger partial charge in [0, 0.05) is 0 Å². The molecule has 0 amide bonds. The molecule has 3 saturated carbocycles. The lowest BCUT2D eigenvalue weighted by molar-refractivity contribution is 0.00516. The molecule has 6 atom stereocenters. The first-order valence-corrected chi connectivity index (χ1v) is 12.4. The van der Waals surface area contributed by atoms with E-state index in [2.05, 4.69) is 6.92 Å². The van der Waals surface area contributed by atoms with E-state index >= 15 is 0 Å². The molecule has 158 valence electrons. The summed E-state index contributed by atoms with van der Waals surface area (Å²) in [7, 11) is 0. The van der Waals surface area contributed by atoms with Gasteiger partial charge in [-0.05, 0) is 98.1 Å². The molecule has 3 fully saturated rings. The summed E-state index contributed by atoms with van der Waals surface area (Å²) in [6, 6.07) is 7.26. The number of fused-ring (bicyclic) bond motifs is 3. The Labute approximate surface area is 177 Å². The third-order valence-electron chi connectivity index (χ3n) is 8.70. The standard InChI is InChI=1S/C27H38FN/c1-2-3-4-5-6-19-7-13-25-22(15-19)9-10-23-16-20(12-14-26(23)25)21-8-11-24(18-29)27(28)17-21/h8,11,17,19-20,22-23,25-26H,2-7,9-10,12-16H2,1H3/t19-,20?,22+,23-,25+,26-/m1/s1. The predicted octanol–water partition coefficient (Wildman–Crippen LogP) is 7.99. The van der Waals surface area contributed by atoms with Crippen molar-refractivity contribution in [1.82, 2.24) is 0 Å². The average molecular weight is 396 g/mol. The summed E-state index contributed by atoms with van der Waals surface area (Å²) in [6.07, 6.45) is 18.2. The largest absolute Gasteiger partial charge is 0.206 e. The second-order valence-corrected chi connectivity index (χ2v) is 10.3. The molecule has 1 nitrogen and oxygen atoms in total. The van der Waals surface area contributed by atoms with Gasteiger partial charge in [0.2, 0.25) is 0 Å².